The van der Waals surface area contributed by atoms with Gasteiger partial charge < -0.3 is 9.47 Å². The van der Waals surface area contributed by atoms with Gasteiger partial charge >= 0.3 is 0 Å². The van der Waals surface area contributed by atoms with Crippen LogP contribution in [0.15, 0.2) is 17.0 Å². The Morgan fingerprint density at radius 2 is 2.10 bits per heavy atom. The first-order valence-electron chi connectivity index (χ1n) is 7.20. The Morgan fingerprint density at radius 1 is 1.38 bits per heavy atom. The molecule has 1 heterocycles. The molecule has 1 aliphatic rings. The zero-order chi connectivity index (χ0) is 15.6. The molecule has 2 rings (SSSR count). The van der Waals surface area contributed by atoms with Crippen LogP contribution in [-0.4, -0.2) is 27.7 Å². The van der Waals surface area contributed by atoms with Gasteiger partial charge in [-0.2, -0.15) is 0 Å². The molecule has 118 valence electrons. The third-order valence-corrected chi connectivity index (χ3v) is 4.70. The van der Waals surface area contributed by atoms with Gasteiger partial charge in [0.15, 0.2) is 0 Å². The Kier molecular flexibility index (Phi) is 4.91. The van der Waals surface area contributed by atoms with Gasteiger partial charge in [-0.25, -0.2) is 13.6 Å². The number of ether oxygens (including phenoxy) is 2. The lowest BCUT2D eigenvalue weighted by atomic mass is 10.00. The third-order valence-electron chi connectivity index (χ3n) is 3.65. The largest absolute Gasteiger partial charge is 0.488 e. The summed E-state index contributed by atoms with van der Waals surface area (Å²) in [6.07, 6.45) is 1.96. The van der Waals surface area contributed by atoms with Gasteiger partial charge in [-0.05, 0) is 48.9 Å². The van der Waals surface area contributed by atoms with Crippen molar-refractivity contribution in [1.82, 2.24) is 0 Å². The molecule has 1 saturated heterocycles. The van der Waals surface area contributed by atoms with E-state index in [1.54, 1.807) is 19.1 Å². The van der Waals surface area contributed by atoms with Gasteiger partial charge in [0.1, 0.15) is 11.9 Å². The van der Waals surface area contributed by atoms with Crippen molar-refractivity contribution in [3.63, 3.8) is 0 Å². The first-order valence-corrected chi connectivity index (χ1v) is 8.75. The SMILES string of the molecule is Cc1cc(OC2CCCOC2)c(C(C)C)cc1S(N)(=O)=O. The molecule has 0 aliphatic carbocycles. The highest BCUT2D eigenvalue weighted by atomic mass is 32.2. The van der Waals surface area contributed by atoms with Crippen molar-refractivity contribution in [3.05, 3.63) is 23.3 Å². The summed E-state index contributed by atoms with van der Waals surface area (Å²) in [7, 11) is -3.72. The van der Waals surface area contributed by atoms with Crippen LogP contribution in [0.3, 0.4) is 0 Å². The summed E-state index contributed by atoms with van der Waals surface area (Å²) >= 11 is 0. The van der Waals surface area contributed by atoms with Crippen LogP contribution in [0.25, 0.3) is 0 Å². The van der Waals surface area contributed by atoms with E-state index in [4.69, 9.17) is 14.6 Å². The van der Waals surface area contributed by atoms with Crippen LogP contribution < -0.4 is 9.88 Å². The summed E-state index contributed by atoms with van der Waals surface area (Å²) < 4.78 is 34.8. The standard InChI is InChI=1S/C15H23NO4S/c1-10(2)13-8-15(21(16,17)18)11(3)7-14(13)20-12-5-4-6-19-9-12/h7-8,10,12H,4-6,9H2,1-3H3,(H2,16,17,18). The van der Waals surface area contributed by atoms with Gasteiger partial charge in [0.05, 0.1) is 11.5 Å². The minimum absolute atomic E-state index is 0.0241. The maximum absolute atomic E-state index is 11.6. The van der Waals surface area contributed by atoms with Crippen LogP contribution in [0.4, 0.5) is 0 Å². The second-order valence-corrected chi connectivity index (χ2v) is 7.34. The molecule has 21 heavy (non-hydrogen) atoms. The summed E-state index contributed by atoms with van der Waals surface area (Å²) in [4.78, 5) is 0.165. The van der Waals surface area contributed by atoms with Crippen LogP contribution in [-0.2, 0) is 14.8 Å². The number of sulfonamides is 1. The van der Waals surface area contributed by atoms with Crippen LogP contribution >= 0.6 is 0 Å². The maximum Gasteiger partial charge on any atom is 0.238 e. The second-order valence-electron chi connectivity index (χ2n) is 5.81. The van der Waals surface area contributed by atoms with E-state index >= 15 is 0 Å². The van der Waals surface area contributed by atoms with E-state index in [9.17, 15) is 8.42 Å². The molecule has 1 aromatic carbocycles. The minimum atomic E-state index is -3.72. The van der Waals surface area contributed by atoms with E-state index in [1.807, 2.05) is 13.8 Å². The maximum atomic E-state index is 11.6. The Bertz CT molecular complexity index is 604. The van der Waals surface area contributed by atoms with Crippen molar-refractivity contribution in [2.45, 2.75) is 50.5 Å². The van der Waals surface area contributed by atoms with Crippen molar-refractivity contribution in [1.29, 1.82) is 0 Å². The monoisotopic (exact) mass is 313 g/mol. The van der Waals surface area contributed by atoms with Gasteiger partial charge in [-0.1, -0.05) is 13.8 Å². The smallest absolute Gasteiger partial charge is 0.238 e. The molecule has 0 aromatic heterocycles. The van der Waals surface area contributed by atoms with Crippen molar-refractivity contribution in [2.75, 3.05) is 13.2 Å². The van der Waals surface area contributed by atoms with Crippen molar-refractivity contribution in [2.24, 2.45) is 5.14 Å². The van der Waals surface area contributed by atoms with Crippen LogP contribution in [0.1, 0.15) is 43.7 Å². The average Bonchev–Trinajstić information content (AvgIpc) is 2.38. The van der Waals surface area contributed by atoms with Gasteiger partial charge in [0.25, 0.3) is 0 Å². The molecule has 1 aliphatic heterocycles. The van der Waals surface area contributed by atoms with E-state index < -0.39 is 10.0 Å². The minimum Gasteiger partial charge on any atom is -0.488 e. The van der Waals surface area contributed by atoms with Crippen molar-refractivity contribution >= 4 is 10.0 Å². The molecule has 1 aromatic rings. The predicted octanol–water partition coefficient (Wildman–Crippen LogP) is 2.32. The highest BCUT2D eigenvalue weighted by Gasteiger charge is 2.21. The highest BCUT2D eigenvalue weighted by molar-refractivity contribution is 7.89. The van der Waals surface area contributed by atoms with E-state index in [0.717, 1.165) is 30.8 Å². The number of primary sulfonamides is 1. The van der Waals surface area contributed by atoms with Crippen LogP contribution in [0.5, 0.6) is 5.75 Å². The Morgan fingerprint density at radius 3 is 2.62 bits per heavy atom. The van der Waals surface area contributed by atoms with Crippen molar-refractivity contribution < 1.29 is 17.9 Å². The summed E-state index contributed by atoms with van der Waals surface area (Å²) in [6.45, 7) is 7.09. The molecule has 0 amide bonds. The summed E-state index contributed by atoms with van der Waals surface area (Å²) in [5.41, 5.74) is 1.46. The number of hydrogen-bond acceptors (Lipinski definition) is 4. The molecular formula is C15H23NO4S. The molecular weight excluding hydrogens is 290 g/mol. The molecule has 1 unspecified atom stereocenters. The van der Waals surface area contributed by atoms with E-state index in [1.165, 1.54) is 0 Å². The topological polar surface area (TPSA) is 78.6 Å². The molecule has 1 atom stereocenters. The van der Waals surface area contributed by atoms with Gasteiger partial charge in [-0.3, -0.25) is 0 Å². The van der Waals surface area contributed by atoms with Gasteiger partial charge in [0, 0.05) is 6.61 Å². The zero-order valence-corrected chi connectivity index (χ0v) is 13.6. The van der Waals surface area contributed by atoms with E-state index in [0.29, 0.717) is 12.2 Å². The molecule has 0 spiro atoms. The van der Waals surface area contributed by atoms with Crippen LogP contribution in [0, 0.1) is 6.92 Å². The average molecular weight is 313 g/mol. The van der Waals surface area contributed by atoms with E-state index in [2.05, 4.69) is 0 Å². The highest BCUT2D eigenvalue weighted by Crippen LogP contribution is 2.32. The van der Waals surface area contributed by atoms with Gasteiger partial charge in [0.2, 0.25) is 10.0 Å². The molecule has 1 fully saturated rings. The summed E-state index contributed by atoms with van der Waals surface area (Å²) in [5, 5.41) is 5.27. The first kappa shape index (κ1) is 16.3. The molecule has 5 nitrogen and oxygen atoms in total. The Labute approximate surface area is 126 Å². The molecule has 2 N–H and O–H groups in total. The molecule has 0 saturated carbocycles. The lowest BCUT2D eigenvalue weighted by Gasteiger charge is -2.26. The quantitative estimate of drug-likeness (QED) is 0.925. The molecule has 0 radical (unpaired) electrons. The summed E-state index contributed by atoms with van der Waals surface area (Å²) in [5.74, 6) is 0.871. The lowest BCUT2D eigenvalue weighted by molar-refractivity contribution is 0.00690. The Balaban J connectivity index is 2.38. The second kappa shape index (κ2) is 6.34. The van der Waals surface area contributed by atoms with E-state index in [-0.39, 0.29) is 16.9 Å². The zero-order valence-electron chi connectivity index (χ0n) is 12.8. The summed E-state index contributed by atoms with van der Waals surface area (Å²) in [6, 6.07) is 3.40. The molecule has 6 heteroatoms. The molecule has 0 bridgehead atoms. The number of aryl methyl sites for hydroxylation is 1. The normalized spacial score (nSPS) is 19.8. The van der Waals surface area contributed by atoms with Crippen LogP contribution in [0.2, 0.25) is 0 Å². The predicted molar refractivity (Wildman–Crippen MR) is 81.1 cm³/mol. The number of rotatable bonds is 4. The fraction of sp³-hybridized carbons (Fsp3) is 0.600. The van der Waals surface area contributed by atoms with Crippen molar-refractivity contribution in [3.8, 4) is 5.75 Å². The Hall–Kier alpha value is -1.11. The lowest BCUT2D eigenvalue weighted by Crippen LogP contribution is -2.28. The first-order chi connectivity index (χ1) is 9.79. The number of benzene rings is 1. The fourth-order valence-electron chi connectivity index (χ4n) is 2.52. The number of hydrogen-bond donors (Lipinski definition) is 1. The number of nitrogens with two attached hydrogens (primary N) is 1. The van der Waals surface area contributed by atoms with Gasteiger partial charge in [-0.15, -0.1) is 0 Å². The fourth-order valence-corrected chi connectivity index (χ4v) is 3.32. The third kappa shape index (κ3) is 3.96.